The first-order valence-electron chi connectivity index (χ1n) is 8.28. The van der Waals surface area contributed by atoms with E-state index >= 15 is 0 Å². The molecule has 7 heteroatoms. The molecule has 0 saturated carbocycles. The first-order chi connectivity index (χ1) is 12.5. The molecule has 0 aliphatic carbocycles. The van der Waals surface area contributed by atoms with Crippen LogP contribution in [0.2, 0.25) is 5.02 Å². The zero-order valence-corrected chi connectivity index (χ0v) is 16.2. The predicted molar refractivity (Wildman–Crippen MR) is 106 cm³/mol. The van der Waals surface area contributed by atoms with Crippen molar-refractivity contribution >= 4 is 34.6 Å². The maximum atomic E-state index is 13.3. The third-order valence-electron chi connectivity index (χ3n) is 4.48. The van der Waals surface area contributed by atoms with Crippen molar-refractivity contribution in [3.8, 4) is 11.5 Å². The molecule has 1 aliphatic rings. The molecule has 1 fully saturated rings. The Morgan fingerprint density at radius 3 is 2.65 bits per heavy atom. The SMILES string of the molecule is COc1ccc([C@H]2CCCN2C(=S)Nc2ccc(F)c(Cl)c2)cc1OC. The second-order valence-corrected chi connectivity index (χ2v) is 6.82. The van der Waals surface area contributed by atoms with Crippen LogP contribution in [0.5, 0.6) is 11.5 Å². The molecular weight excluding hydrogens is 375 g/mol. The third-order valence-corrected chi connectivity index (χ3v) is 5.10. The summed E-state index contributed by atoms with van der Waals surface area (Å²) in [7, 11) is 3.24. The van der Waals surface area contributed by atoms with Crippen molar-refractivity contribution in [2.24, 2.45) is 0 Å². The number of methoxy groups -OCH3 is 2. The lowest BCUT2D eigenvalue weighted by Gasteiger charge is -2.28. The number of nitrogens with zero attached hydrogens (tertiary/aromatic N) is 1. The van der Waals surface area contributed by atoms with Crippen LogP contribution in [0.1, 0.15) is 24.4 Å². The largest absolute Gasteiger partial charge is 0.493 e. The summed E-state index contributed by atoms with van der Waals surface area (Å²) in [5.41, 5.74) is 1.78. The van der Waals surface area contributed by atoms with Gasteiger partial charge in [-0.25, -0.2) is 4.39 Å². The predicted octanol–water partition coefficient (Wildman–Crippen LogP) is 5.03. The normalized spacial score (nSPS) is 16.5. The summed E-state index contributed by atoms with van der Waals surface area (Å²) in [5, 5.41) is 3.81. The van der Waals surface area contributed by atoms with E-state index in [0.29, 0.717) is 22.3 Å². The lowest BCUT2D eigenvalue weighted by atomic mass is 10.0. The van der Waals surface area contributed by atoms with Crippen molar-refractivity contribution in [3.05, 3.63) is 52.8 Å². The van der Waals surface area contributed by atoms with E-state index in [-0.39, 0.29) is 11.1 Å². The number of nitrogens with one attached hydrogen (secondary N) is 1. The van der Waals surface area contributed by atoms with Gasteiger partial charge >= 0.3 is 0 Å². The zero-order chi connectivity index (χ0) is 18.7. The number of likely N-dealkylation sites (tertiary alicyclic amines) is 1. The van der Waals surface area contributed by atoms with E-state index in [4.69, 9.17) is 33.3 Å². The number of ether oxygens (including phenoxy) is 2. The Bertz CT molecular complexity index is 818. The molecule has 0 unspecified atom stereocenters. The van der Waals surface area contributed by atoms with E-state index in [1.165, 1.54) is 12.1 Å². The van der Waals surface area contributed by atoms with Crippen LogP contribution in [0.25, 0.3) is 0 Å². The summed E-state index contributed by atoms with van der Waals surface area (Å²) in [6.45, 7) is 0.847. The van der Waals surface area contributed by atoms with E-state index in [1.807, 2.05) is 18.2 Å². The van der Waals surface area contributed by atoms with Crippen LogP contribution in [0.3, 0.4) is 0 Å². The summed E-state index contributed by atoms with van der Waals surface area (Å²) in [4.78, 5) is 2.13. The fourth-order valence-electron chi connectivity index (χ4n) is 3.19. The van der Waals surface area contributed by atoms with Crippen LogP contribution in [-0.2, 0) is 0 Å². The lowest BCUT2D eigenvalue weighted by Crippen LogP contribution is -2.34. The van der Waals surface area contributed by atoms with Gasteiger partial charge in [-0.1, -0.05) is 17.7 Å². The Balaban J connectivity index is 1.79. The first kappa shape index (κ1) is 18.7. The number of thiocarbonyl (C=S) groups is 1. The van der Waals surface area contributed by atoms with Gasteiger partial charge in [0.2, 0.25) is 0 Å². The molecule has 4 nitrogen and oxygen atoms in total. The highest BCUT2D eigenvalue weighted by atomic mass is 35.5. The number of rotatable bonds is 4. The molecule has 0 aromatic heterocycles. The molecule has 1 N–H and O–H groups in total. The Kier molecular flexibility index (Phi) is 5.84. The molecule has 3 rings (SSSR count). The van der Waals surface area contributed by atoms with Crippen LogP contribution in [0, 0.1) is 5.82 Å². The average molecular weight is 395 g/mol. The Morgan fingerprint density at radius 2 is 1.96 bits per heavy atom. The van der Waals surface area contributed by atoms with Gasteiger partial charge in [-0.05, 0) is 61.0 Å². The van der Waals surface area contributed by atoms with Gasteiger partial charge in [0, 0.05) is 12.2 Å². The maximum Gasteiger partial charge on any atom is 0.173 e. The van der Waals surface area contributed by atoms with Gasteiger partial charge in [0.25, 0.3) is 0 Å². The maximum absolute atomic E-state index is 13.3. The second-order valence-electron chi connectivity index (χ2n) is 6.02. The minimum atomic E-state index is -0.451. The average Bonchev–Trinajstić information content (AvgIpc) is 3.14. The molecule has 1 atom stereocenters. The van der Waals surface area contributed by atoms with Gasteiger partial charge in [0.1, 0.15) is 5.82 Å². The van der Waals surface area contributed by atoms with Crippen molar-refractivity contribution in [2.45, 2.75) is 18.9 Å². The topological polar surface area (TPSA) is 33.7 Å². The Labute approximate surface area is 162 Å². The smallest absolute Gasteiger partial charge is 0.173 e. The molecule has 2 aromatic carbocycles. The molecule has 26 heavy (non-hydrogen) atoms. The summed E-state index contributed by atoms with van der Waals surface area (Å²) < 4.78 is 24.0. The van der Waals surface area contributed by atoms with Gasteiger partial charge in [0.15, 0.2) is 16.6 Å². The molecular formula is C19H20ClFN2O2S. The Morgan fingerprint density at radius 1 is 1.19 bits per heavy atom. The van der Waals surface area contributed by atoms with Crippen LogP contribution in [-0.4, -0.2) is 30.8 Å². The van der Waals surface area contributed by atoms with Crippen LogP contribution < -0.4 is 14.8 Å². The fourth-order valence-corrected chi connectivity index (χ4v) is 3.70. The van der Waals surface area contributed by atoms with Gasteiger partial charge < -0.3 is 19.7 Å². The molecule has 0 spiro atoms. The van der Waals surface area contributed by atoms with E-state index in [2.05, 4.69) is 10.2 Å². The molecule has 0 radical (unpaired) electrons. The Hall–Kier alpha value is -2.05. The number of hydrogen-bond donors (Lipinski definition) is 1. The van der Waals surface area contributed by atoms with Crippen molar-refractivity contribution in [1.82, 2.24) is 4.90 Å². The van der Waals surface area contributed by atoms with Crippen molar-refractivity contribution in [1.29, 1.82) is 0 Å². The number of anilines is 1. The minimum absolute atomic E-state index is 0.0654. The monoisotopic (exact) mass is 394 g/mol. The lowest BCUT2D eigenvalue weighted by molar-refractivity contribution is 0.351. The minimum Gasteiger partial charge on any atom is -0.493 e. The molecule has 2 aromatic rings. The van der Waals surface area contributed by atoms with Gasteiger partial charge in [-0.2, -0.15) is 0 Å². The van der Waals surface area contributed by atoms with E-state index in [1.54, 1.807) is 20.3 Å². The van der Waals surface area contributed by atoms with Crippen LogP contribution in [0.15, 0.2) is 36.4 Å². The number of halogens is 2. The molecule has 1 heterocycles. The van der Waals surface area contributed by atoms with Gasteiger partial charge in [-0.3, -0.25) is 0 Å². The molecule has 1 aliphatic heterocycles. The number of benzene rings is 2. The standard InChI is InChI=1S/C19H20ClFN2O2S/c1-24-17-8-5-12(10-18(17)25-2)16-4-3-9-23(16)19(26)22-13-6-7-15(21)14(20)11-13/h5-8,10-11,16H,3-4,9H2,1-2H3,(H,22,26)/t16-/m1/s1. The summed E-state index contributed by atoms with van der Waals surface area (Å²) in [5.74, 6) is 0.941. The summed E-state index contributed by atoms with van der Waals surface area (Å²) >= 11 is 11.4. The highest BCUT2D eigenvalue weighted by Crippen LogP contribution is 2.37. The quantitative estimate of drug-likeness (QED) is 0.735. The van der Waals surface area contributed by atoms with E-state index < -0.39 is 5.82 Å². The first-order valence-corrected chi connectivity index (χ1v) is 9.06. The highest BCUT2D eigenvalue weighted by Gasteiger charge is 2.28. The number of hydrogen-bond acceptors (Lipinski definition) is 3. The molecule has 138 valence electrons. The van der Waals surface area contributed by atoms with E-state index in [9.17, 15) is 4.39 Å². The van der Waals surface area contributed by atoms with Crippen molar-refractivity contribution in [2.75, 3.05) is 26.1 Å². The summed E-state index contributed by atoms with van der Waals surface area (Å²) in [6, 6.07) is 10.5. The van der Waals surface area contributed by atoms with Crippen molar-refractivity contribution < 1.29 is 13.9 Å². The fraction of sp³-hybridized carbons (Fsp3) is 0.316. The van der Waals surface area contributed by atoms with Gasteiger partial charge in [0.05, 0.1) is 25.3 Å². The van der Waals surface area contributed by atoms with Crippen LogP contribution in [0.4, 0.5) is 10.1 Å². The van der Waals surface area contributed by atoms with Crippen molar-refractivity contribution in [3.63, 3.8) is 0 Å². The molecule has 0 bridgehead atoms. The highest BCUT2D eigenvalue weighted by molar-refractivity contribution is 7.80. The van der Waals surface area contributed by atoms with Gasteiger partial charge in [-0.15, -0.1) is 0 Å². The summed E-state index contributed by atoms with van der Waals surface area (Å²) in [6.07, 6.45) is 2.02. The zero-order valence-electron chi connectivity index (χ0n) is 14.6. The molecule has 1 saturated heterocycles. The second kappa shape index (κ2) is 8.10. The van der Waals surface area contributed by atoms with Crippen LogP contribution >= 0.6 is 23.8 Å². The molecule has 0 amide bonds. The van der Waals surface area contributed by atoms with E-state index in [0.717, 1.165) is 24.9 Å². The third kappa shape index (κ3) is 3.86.